The second-order valence-electron chi connectivity index (χ2n) is 6.01. The molecule has 3 aromatic rings. The van der Waals surface area contributed by atoms with Gasteiger partial charge < -0.3 is 9.15 Å². The van der Waals surface area contributed by atoms with Gasteiger partial charge in [0.05, 0.1) is 4.90 Å². The number of ether oxygens (including phenoxy) is 1. The summed E-state index contributed by atoms with van der Waals surface area (Å²) in [4.78, 5) is 25.4. The molecule has 0 fully saturated rings. The molecule has 0 saturated heterocycles. The number of benzene rings is 2. The lowest BCUT2D eigenvalue weighted by molar-refractivity contribution is 0.0912. The second-order valence-corrected chi connectivity index (χ2v) is 7.69. The minimum atomic E-state index is -4.06. The Bertz CT molecular complexity index is 1120. The van der Waals surface area contributed by atoms with E-state index >= 15 is 0 Å². The maximum absolute atomic E-state index is 12.3. The largest absolute Gasteiger partial charge is 0.486 e. The number of hydrogen-bond donors (Lipinski definition) is 2. The third-order valence-electron chi connectivity index (χ3n) is 3.86. The Hall–Kier alpha value is -3.43. The number of furan rings is 1. The summed E-state index contributed by atoms with van der Waals surface area (Å²) in [6, 6.07) is 17.5. The minimum absolute atomic E-state index is 0.0863. The van der Waals surface area contributed by atoms with Crippen LogP contribution in [0, 0.1) is 0 Å². The molecule has 3 rings (SSSR count). The average Bonchev–Trinajstić information content (AvgIpc) is 3.20. The zero-order chi connectivity index (χ0) is 20.9. The van der Waals surface area contributed by atoms with Crippen LogP contribution in [0.25, 0.3) is 0 Å². The second kappa shape index (κ2) is 8.72. The molecule has 29 heavy (non-hydrogen) atoms. The molecule has 2 N–H and O–H groups in total. The molecule has 2 aromatic carbocycles. The fraction of sp³-hybridized carbons (Fsp3) is 0.100. The number of carbonyl (C=O) groups is 2. The molecule has 1 amide bonds. The zero-order valence-corrected chi connectivity index (χ0v) is 16.2. The Kier molecular flexibility index (Phi) is 6.10. The number of rotatable bonds is 8. The number of hydrazine groups is 1. The molecule has 0 aliphatic rings. The smallest absolute Gasteiger partial charge is 0.301 e. The van der Waals surface area contributed by atoms with Gasteiger partial charge >= 0.3 is 5.91 Å². The number of hydrogen-bond acceptors (Lipinski definition) is 6. The molecule has 1 heterocycles. The average molecular weight is 414 g/mol. The van der Waals surface area contributed by atoms with Crippen molar-refractivity contribution >= 4 is 21.7 Å². The summed E-state index contributed by atoms with van der Waals surface area (Å²) in [5.74, 6) is -0.0856. The van der Waals surface area contributed by atoms with Crippen LogP contribution >= 0.6 is 0 Å². The molecule has 0 saturated carbocycles. The summed E-state index contributed by atoms with van der Waals surface area (Å²) in [7, 11) is -4.06. The molecule has 8 nitrogen and oxygen atoms in total. The van der Waals surface area contributed by atoms with E-state index in [1.165, 1.54) is 37.3 Å². The topological polar surface area (TPSA) is 115 Å². The summed E-state index contributed by atoms with van der Waals surface area (Å²) >= 11 is 0. The van der Waals surface area contributed by atoms with E-state index in [9.17, 15) is 18.0 Å². The highest BCUT2D eigenvalue weighted by Crippen LogP contribution is 2.14. The first kappa shape index (κ1) is 20.3. The highest BCUT2D eigenvalue weighted by molar-refractivity contribution is 7.89. The first-order valence-corrected chi connectivity index (χ1v) is 10.0. The number of carbonyl (C=O) groups excluding carboxylic acids is 2. The summed E-state index contributed by atoms with van der Waals surface area (Å²) in [6.45, 7) is 1.44. The number of ketones is 1. The third-order valence-corrected chi connectivity index (χ3v) is 5.10. The quantitative estimate of drug-likeness (QED) is 0.433. The van der Waals surface area contributed by atoms with Gasteiger partial charge in [0, 0.05) is 5.56 Å². The summed E-state index contributed by atoms with van der Waals surface area (Å²) in [6.07, 6.45) is 0. The molecule has 9 heteroatoms. The normalized spacial score (nSPS) is 11.1. The maximum Gasteiger partial charge on any atom is 0.301 e. The predicted octanol–water partition coefficient (Wildman–Crippen LogP) is 2.68. The SMILES string of the molecule is CC(=O)c1cccc(S(=O)(=O)NNC(=O)c2ccc(COc3ccccc3)o2)c1. The van der Waals surface area contributed by atoms with Crippen LogP contribution in [0.1, 0.15) is 33.6 Å². The van der Waals surface area contributed by atoms with Crippen molar-refractivity contribution in [3.8, 4) is 5.75 Å². The van der Waals surface area contributed by atoms with Crippen LogP contribution in [-0.2, 0) is 16.6 Å². The monoisotopic (exact) mass is 414 g/mol. The first-order chi connectivity index (χ1) is 13.8. The van der Waals surface area contributed by atoms with Crippen LogP contribution in [0.5, 0.6) is 5.75 Å². The van der Waals surface area contributed by atoms with Crippen LogP contribution in [-0.4, -0.2) is 20.1 Å². The van der Waals surface area contributed by atoms with E-state index < -0.39 is 15.9 Å². The van der Waals surface area contributed by atoms with E-state index in [1.807, 2.05) is 23.0 Å². The summed E-state index contributed by atoms with van der Waals surface area (Å²) in [5, 5.41) is 0. The summed E-state index contributed by atoms with van der Waals surface area (Å²) in [5.41, 5.74) is 2.32. The van der Waals surface area contributed by atoms with Gasteiger partial charge in [0.2, 0.25) is 0 Å². The van der Waals surface area contributed by atoms with E-state index in [2.05, 4.69) is 5.43 Å². The van der Waals surface area contributed by atoms with Crippen molar-refractivity contribution in [2.45, 2.75) is 18.4 Å². The highest BCUT2D eigenvalue weighted by Gasteiger charge is 2.18. The lowest BCUT2D eigenvalue weighted by Crippen LogP contribution is -2.41. The highest BCUT2D eigenvalue weighted by atomic mass is 32.2. The fourth-order valence-electron chi connectivity index (χ4n) is 2.37. The minimum Gasteiger partial charge on any atom is -0.486 e. The van der Waals surface area contributed by atoms with Crippen molar-refractivity contribution in [2.24, 2.45) is 0 Å². The number of sulfonamides is 1. The number of Topliss-reactive ketones (excluding diaryl/α,β-unsaturated/α-hetero) is 1. The lowest BCUT2D eigenvalue weighted by Gasteiger charge is -2.08. The Labute approximate surface area is 167 Å². The molecule has 0 aliphatic carbocycles. The van der Waals surface area contributed by atoms with Gasteiger partial charge in [-0.15, -0.1) is 4.83 Å². The fourth-order valence-corrected chi connectivity index (χ4v) is 3.25. The van der Waals surface area contributed by atoms with Crippen molar-refractivity contribution in [1.82, 2.24) is 10.3 Å². The molecular weight excluding hydrogens is 396 g/mol. The molecule has 0 radical (unpaired) electrons. The van der Waals surface area contributed by atoms with Crippen molar-refractivity contribution in [2.75, 3.05) is 0 Å². The lowest BCUT2D eigenvalue weighted by atomic mass is 10.2. The Morgan fingerprint density at radius 1 is 1.00 bits per heavy atom. The molecule has 150 valence electrons. The molecule has 1 aromatic heterocycles. The Morgan fingerprint density at radius 2 is 1.76 bits per heavy atom. The Morgan fingerprint density at radius 3 is 2.48 bits per heavy atom. The van der Waals surface area contributed by atoms with Crippen LogP contribution in [0.2, 0.25) is 0 Å². The van der Waals surface area contributed by atoms with Crippen molar-refractivity contribution in [3.63, 3.8) is 0 Å². The van der Waals surface area contributed by atoms with Crippen LogP contribution < -0.4 is 15.0 Å². The van der Waals surface area contributed by atoms with Crippen LogP contribution in [0.3, 0.4) is 0 Å². The Balaban J connectivity index is 1.60. The van der Waals surface area contributed by atoms with E-state index in [4.69, 9.17) is 9.15 Å². The van der Waals surface area contributed by atoms with Crippen molar-refractivity contribution in [1.29, 1.82) is 0 Å². The van der Waals surface area contributed by atoms with Gasteiger partial charge in [-0.1, -0.05) is 30.3 Å². The molecule has 0 unspecified atom stereocenters. The molecule has 0 aliphatic heterocycles. The molecular formula is C20H18N2O6S. The van der Waals surface area contributed by atoms with Crippen LogP contribution in [0.4, 0.5) is 0 Å². The van der Waals surface area contributed by atoms with Gasteiger partial charge in [-0.3, -0.25) is 15.0 Å². The van der Waals surface area contributed by atoms with E-state index in [0.29, 0.717) is 11.5 Å². The van der Waals surface area contributed by atoms with Gasteiger partial charge in [0.15, 0.2) is 11.5 Å². The van der Waals surface area contributed by atoms with Gasteiger partial charge in [0.1, 0.15) is 18.1 Å². The first-order valence-electron chi connectivity index (χ1n) is 8.55. The van der Waals surface area contributed by atoms with Gasteiger partial charge in [-0.05, 0) is 43.3 Å². The van der Waals surface area contributed by atoms with Gasteiger partial charge in [0.25, 0.3) is 10.0 Å². The maximum atomic E-state index is 12.3. The van der Waals surface area contributed by atoms with Crippen LogP contribution in [0.15, 0.2) is 76.0 Å². The van der Waals surface area contributed by atoms with Gasteiger partial charge in [-0.2, -0.15) is 0 Å². The summed E-state index contributed by atoms with van der Waals surface area (Å²) < 4.78 is 35.5. The predicted molar refractivity (Wildman–Crippen MR) is 104 cm³/mol. The number of para-hydroxylation sites is 1. The third kappa shape index (κ3) is 5.31. The van der Waals surface area contributed by atoms with E-state index in [1.54, 1.807) is 18.2 Å². The van der Waals surface area contributed by atoms with E-state index in [0.717, 1.165) is 0 Å². The van der Waals surface area contributed by atoms with E-state index in [-0.39, 0.29) is 28.6 Å². The molecule has 0 bridgehead atoms. The number of amides is 1. The van der Waals surface area contributed by atoms with Crippen molar-refractivity contribution < 1.29 is 27.2 Å². The number of nitrogens with one attached hydrogen (secondary N) is 2. The molecule has 0 atom stereocenters. The molecule has 0 spiro atoms. The standard InChI is InChI=1S/C20H18N2O6S/c1-14(23)15-6-5-9-18(12-15)29(25,26)22-21-20(24)19-11-10-17(28-19)13-27-16-7-3-2-4-8-16/h2-12,22H,13H2,1H3,(H,21,24). The zero-order valence-electron chi connectivity index (χ0n) is 15.4. The van der Waals surface area contributed by atoms with Gasteiger partial charge in [-0.25, -0.2) is 8.42 Å². The van der Waals surface area contributed by atoms with Crippen molar-refractivity contribution in [3.05, 3.63) is 83.8 Å².